The van der Waals surface area contributed by atoms with Crippen molar-refractivity contribution in [1.82, 2.24) is 19.8 Å². The third-order valence-corrected chi connectivity index (χ3v) is 9.23. The first-order valence-corrected chi connectivity index (χ1v) is 14.6. The highest BCUT2D eigenvalue weighted by Gasteiger charge is 2.37. The fraction of sp³-hybridized carbons (Fsp3) is 0.400. The number of aromatic nitrogens is 2. The molecule has 0 bridgehead atoms. The fourth-order valence-corrected chi connectivity index (χ4v) is 6.47. The Morgan fingerprint density at radius 1 is 1.18 bits per heavy atom. The van der Waals surface area contributed by atoms with Gasteiger partial charge in [0.05, 0.1) is 38.7 Å². The molecule has 1 amide bonds. The van der Waals surface area contributed by atoms with Gasteiger partial charge in [-0.1, -0.05) is 30.1 Å². The van der Waals surface area contributed by atoms with Crippen LogP contribution in [0.1, 0.15) is 37.0 Å². The number of amides is 1. The largest absolute Gasteiger partial charge is 0.416 e. The zero-order chi connectivity index (χ0) is 29.6. The van der Waals surface area contributed by atoms with E-state index < -0.39 is 49.8 Å². The number of sulfone groups is 1. The molecule has 1 aliphatic heterocycles. The Morgan fingerprint density at radius 2 is 1.88 bits per heavy atom. The van der Waals surface area contributed by atoms with Crippen LogP contribution >= 0.6 is 23.2 Å². The summed E-state index contributed by atoms with van der Waals surface area (Å²) in [4.78, 5) is 41.7. The maximum Gasteiger partial charge on any atom is 0.416 e. The Morgan fingerprint density at radius 3 is 2.50 bits per heavy atom. The molecule has 1 atom stereocenters. The number of rotatable bonds is 7. The first-order chi connectivity index (χ1) is 18.6. The predicted octanol–water partition coefficient (Wildman–Crippen LogP) is 3.57. The van der Waals surface area contributed by atoms with E-state index in [2.05, 4.69) is 10.3 Å². The van der Waals surface area contributed by atoms with Crippen LogP contribution in [0.2, 0.25) is 10.0 Å². The standard InChI is InChI=1S/C25H25Cl2F3N4O5S/c1-3-40(38,39)20-5-4-15(26)8-14(20)10-34-23(36)17-9-19(25(28,29)30)18(21(27)22(17)32-24(34)37)12-33-7-6-16(11-33)31-13(2)35/h4-5,8-9,16H,3,6-7,10-12H2,1-2H3,(H,31,35)(H,32,37). The second-order valence-corrected chi connectivity index (χ2v) is 12.6. The third kappa shape index (κ3) is 6.07. The van der Waals surface area contributed by atoms with Gasteiger partial charge in [-0.2, -0.15) is 13.2 Å². The Bertz CT molecular complexity index is 1720. The van der Waals surface area contributed by atoms with E-state index in [4.69, 9.17) is 23.2 Å². The van der Waals surface area contributed by atoms with Gasteiger partial charge >= 0.3 is 11.9 Å². The number of likely N-dealkylation sites (tertiary alicyclic amines) is 1. The molecule has 3 aromatic rings. The number of hydrogen-bond acceptors (Lipinski definition) is 6. The normalized spacial score (nSPS) is 16.5. The van der Waals surface area contributed by atoms with Gasteiger partial charge in [0.1, 0.15) is 0 Å². The van der Waals surface area contributed by atoms with Crippen LogP contribution in [0.25, 0.3) is 10.9 Å². The average Bonchev–Trinajstić information content (AvgIpc) is 3.29. The Labute approximate surface area is 236 Å². The van der Waals surface area contributed by atoms with Gasteiger partial charge in [0.2, 0.25) is 5.91 Å². The molecule has 15 heteroatoms. The molecular weight excluding hydrogens is 596 g/mol. The molecule has 1 saturated heterocycles. The lowest BCUT2D eigenvalue weighted by Crippen LogP contribution is -2.36. The van der Waals surface area contributed by atoms with E-state index in [9.17, 15) is 36.0 Å². The number of alkyl halides is 3. The lowest BCUT2D eigenvalue weighted by molar-refractivity contribution is -0.138. The number of nitrogens with zero attached hydrogens (tertiary/aromatic N) is 2. The van der Waals surface area contributed by atoms with Crippen LogP contribution in [0.3, 0.4) is 0 Å². The highest BCUT2D eigenvalue weighted by molar-refractivity contribution is 7.91. The second kappa shape index (κ2) is 11.2. The number of nitrogens with one attached hydrogen (secondary N) is 2. The minimum Gasteiger partial charge on any atom is -0.352 e. The topological polar surface area (TPSA) is 121 Å². The molecule has 2 aromatic carbocycles. The number of carbonyl (C=O) groups excluding carboxylic acids is 1. The van der Waals surface area contributed by atoms with Crippen molar-refractivity contribution in [2.45, 2.75) is 50.5 Å². The fourth-order valence-electron chi connectivity index (χ4n) is 4.85. The van der Waals surface area contributed by atoms with Crippen molar-refractivity contribution >= 4 is 49.8 Å². The van der Waals surface area contributed by atoms with E-state index in [-0.39, 0.29) is 50.8 Å². The summed E-state index contributed by atoms with van der Waals surface area (Å²) >= 11 is 12.5. The summed E-state index contributed by atoms with van der Waals surface area (Å²) in [5.74, 6) is -0.516. The lowest BCUT2D eigenvalue weighted by Gasteiger charge is -2.22. The van der Waals surface area contributed by atoms with Crippen molar-refractivity contribution in [2.24, 2.45) is 0 Å². The number of hydrogen-bond donors (Lipinski definition) is 2. The van der Waals surface area contributed by atoms with E-state index in [0.717, 1.165) is 0 Å². The molecule has 40 heavy (non-hydrogen) atoms. The molecule has 2 heterocycles. The molecule has 1 aliphatic rings. The summed E-state index contributed by atoms with van der Waals surface area (Å²) in [6, 6.07) is 4.29. The molecule has 9 nitrogen and oxygen atoms in total. The highest BCUT2D eigenvalue weighted by atomic mass is 35.5. The molecule has 1 unspecified atom stereocenters. The van der Waals surface area contributed by atoms with Crippen molar-refractivity contribution in [2.75, 3.05) is 18.8 Å². The smallest absolute Gasteiger partial charge is 0.352 e. The van der Waals surface area contributed by atoms with Crippen LogP contribution < -0.4 is 16.6 Å². The van der Waals surface area contributed by atoms with Crippen LogP contribution in [-0.2, 0) is 33.9 Å². The number of fused-ring (bicyclic) bond motifs is 1. The first kappa shape index (κ1) is 30.1. The third-order valence-electron chi connectivity index (χ3n) is 6.75. The van der Waals surface area contributed by atoms with Crippen LogP contribution in [0, 0.1) is 0 Å². The van der Waals surface area contributed by atoms with Crippen LogP contribution in [0.4, 0.5) is 13.2 Å². The number of aromatic amines is 1. The van der Waals surface area contributed by atoms with Crippen LogP contribution in [0.5, 0.6) is 0 Å². The molecule has 0 spiro atoms. The number of carbonyl (C=O) groups is 1. The van der Waals surface area contributed by atoms with E-state index in [1.165, 1.54) is 32.0 Å². The van der Waals surface area contributed by atoms with Gasteiger partial charge < -0.3 is 10.3 Å². The van der Waals surface area contributed by atoms with Gasteiger partial charge in [0.15, 0.2) is 9.84 Å². The molecule has 1 fully saturated rings. The number of benzene rings is 2. The average molecular weight is 621 g/mol. The molecule has 0 radical (unpaired) electrons. The summed E-state index contributed by atoms with van der Waals surface area (Å²) in [5.41, 5.74) is -3.75. The molecule has 0 saturated carbocycles. The summed E-state index contributed by atoms with van der Waals surface area (Å²) in [6.45, 7) is 2.68. The van der Waals surface area contributed by atoms with E-state index in [1.807, 2.05) is 0 Å². The summed E-state index contributed by atoms with van der Waals surface area (Å²) in [6.07, 6.45) is -4.35. The Balaban J connectivity index is 1.84. The number of H-pyrrole nitrogens is 1. The van der Waals surface area contributed by atoms with E-state index >= 15 is 0 Å². The van der Waals surface area contributed by atoms with Gasteiger partial charge in [-0.3, -0.25) is 19.1 Å². The van der Waals surface area contributed by atoms with E-state index in [0.29, 0.717) is 30.1 Å². The van der Waals surface area contributed by atoms with Crippen molar-refractivity contribution in [3.05, 3.63) is 71.8 Å². The second-order valence-electron chi connectivity index (χ2n) is 9.54. The SMILES string of the molecule is CCS(=O)(=O)c1ccc(Cl)cc1Cn1c(=O)[nH]c2c(Cl)c(CN3CCC(NC(C)=O)C3)c(C(F)(F)F)cc2c1=O. The van der Waals surface area contributed by atoms with E-state index in [1.54, 1.807) is 4.90 Å². The molecule has 216 valence electrons. The molecule has 1 aromatic heterocycles. The van der Waals surface area contributed by atoms with Gasteiger partial charge in [0.25, 0.3) is 5.56 Å². The van der Waals surface area contributed by atoms with Crippen LogP contribution in [0.15, 0.2) is 38.8 Å². The molecule has 2 N–H and O–H groups in total. The van der Waals surface area contributed by atoms with Crippen molar-refractivity contribution in [3.63, 3.8) is 0 Å². The zero-order valence-corrected chi connectivity index (χ0v) is 23.7. The predicted molar refractivity (Wildman–Crippen MR) is 145 cm³/mol. The first-order valence-electron chi connectivity index (χ1n) is 12.2. The summed E-state index contributed by atoms with van der Waals surface area (Å²) in [7, 11) is -3.78. The quantitative estimate of drug-likeness (QED) is 0.417. The van der Waals surface area contributed by atoms with Gasteiger partial charge in [-0.05, 0) is 41.8 Å². The zero-order valence-electron chi connectivity index (χ0n) is 21.4. The van der Waals surface area contributed by atoms with Crippen molar-refractivity contribution < 1.29 is 26.4 Å². The molecule has 0 aliphatic carbocycles. The Kier molecular flexibility index (Phi) is 8.42. The van der Waals surface area contributed by atoms with Crippen LogP contribution in [-0.4, -0.2) is 53.7 Å². The molecule has 4 rings (SSSR count). The summed E-state index contributed by atoms with van der Waals surface area (Å²) < 4.78 is 68.4. The number of halogens is 5. The maximum atomic E-state index is 14.2. The van der Waals surface area contributed by atoms with Crippen molar-refractivity contribution in [3.8, 4) is 0 Å². The minimum absolute atomic E-state index is 0.0304. The van der Waals surface area contributed by atoms with Gasteiger partial charge in [-0.15, -0.1) is 0 Å². The lowest BCUT2D eigenvalue weighted by atomic mass is 10.0. The molecular formula is C25H25Cl2F3N4O5S. The summed E-state index contributed by atoms with van der Waals surface area (Å²) in [5, 5.41) is 1.97. The maximum absolute atomic E-state index is 14.2. The monoisotopic (exact) mass is 620 g/mol. The minimum atomic E-state index is -4.88. The highest BCUT2D eigenvalue weighted by Crippen LogP contribution is 2.39. The van der Waals surface area contributed by atoms with Crippen molar-refractivity contribution in [1.29, 1.82) is 0 Å². The van der Waals surface area contributed by atoms with Gasteiger partial charge in [0, 0.05) is 37.6 Å². The Hall–Kier alpha value is -2.87. The van der Waals surface area contributed by atoms with Gasteiger partial charge in [-0.25, -0.2) is 13.2 Å².